The van der Waals surface area contributed by atoms with Crippen LogP contribution in [-0.2, 0) is 14.2 Å². The maximum absolute atomic E-state index is 14.8. The first-order valence-electron chi connectivity index (χ1n) is 9.63. The van der Waals surface area contributed by atoms with Crippen LogP contribution in [0.5, 0.6) is 5.75 Å². The molecule has 2 heterocycles. The van der Waals surface area contributed by atoms with Gasteiger partial charge in [-0.05, 0) is 12.1 Å². The van der Waals surface area contributed by atoms with Crippen LogP contribution in [0.2, 0.25) is 0 Å². The van der Waals surface area contributed by atoms with Crippen molar-refractivity contribution in [1.82, 2.24) is 0 Å². The Morgan fingerprint density at radius 3 is 2.06 bits per heavy atom. The van der Waals surface area contributed by atoms with E-state index < -0.39 is 79.6 Å². The minimum absolute atomic E-state index is 0.000409. The van der Waals surface area contributed by atoms with Gasteiger partial charge in [0.25, 0.3) is 5.69 Å². The van der Waals surface area contributed by atoms with Crippen molar-refractivity contribution in [3.63, 3.8) is 0 Å². The number of aliphatic hydroxyl groups is 6. The van der Waals surface area contributed by atoms with Crippen LogP contribution in [0.15, 0.2) is 24.3 Å². The molecule has 14 heteroatoms. The predicted octanol–water partition coefficient (Wildman–Crippen LogP) is -2.43. The van der Waals surface area contributed by atoms with Crippen LogP contribution >= 0.6 is 0 Å². The summed E-state index contributed by atoms with van der Waals surface area (Å²) in [5.41, 5.74) is -0.222. The molecule has 32 heavy (non-hydrogen) atoms. The van der Waals surface area contributed by atoms with Crippen molar-refractivity contribution in [2.75, 3.05) is 13.2 Å². The van der Waals surface area contributed by atoms with Crippen molar-refractivity contribution >= 4 is 5.69 Å². The number of nitro benzene ring substituents is 1. The summed E-state index contributed by atoms with van der Waals surface area (Å²) >= 11 is 0. The third kappa shape index (κ3) is 4.98. The Hall–Kier alpha value is -2.01. The highest BCUT2D eigenvalue weighted by molar-refractivity contribution is 5.36. The quantitative estimate of drug-likeness (QED) is 0.184. The van der Waals surface area contributed by atoms with Crippen molar-refractivity contribution in [3.8, 4) is 5.75 Å². The van der Waals surface area contributed by atoms with Crippen molar-refractivity contribution in [1.29, 1.82) is 0 Å². The second-order valence-corrected chi connectivity index (χ2v) is 7.33. The molecule has 0 spiro atoms. The highest BCUT2D eigenvalue weighted by atomic mass is 19.1. The summed E-state index contributed by atoms with van der Waals surface area (Å²) in [6, 6.07) is 4.64. The van der Waals surface area contributed by atoms with Crippen LogP contribution in [0.1, 0.15) is 0 Å². The first-order valence-corrected chi connectivity index (χ1v) is 9.63. The van der Waals surface area contributed by atoms with Gasteiger partial charge in [-0.1, -0.05) is 0 Å². The highest BCUT2D eigenvalue weighted by Crippen LogP contribution is 2.31. The van der Waals surface area contributed by atoms with E-state index in [1.165, 1.54) is 12.1 Å². The van der Waals surface area contributed by atoms with Gasteiger partial charge in [0.05, 0.1) is 18.1 Å². The summed E-state index contributed by atoms with van der Waals surface area (Å²) < 4.78 is 36.0. The van der Waals surface area contributed by atoms with E-state index in [4.69, 9.17) is 18.9 Å². The van der Waals surface area contributed by atoms with Crippen LogP contribution in [0.4, 0.5) is 10.1 Å². The minimum Gasteiger partial charge on any atom is -0.462 e. The Morgan fingerprint density at radius 1 is 0.906 bits per heavy atom. The average molecular weight is 465 g/mol. The molecule has 0 unspecified atom stereocenters. The van der Waals surface area contributed by atoms with E-state index in [1.807, 2.05) is 0 Å². The van der Waals surface area contributed by atoms with Gasteiger partial charge in [-0.2, -0.15) is 0 Å². The molecule has 13 nitrogen and oxygen atoms in total. The molecule has 2 saturated heterocycles. The molecule has 0 amide bonds. The molecular formula is C18H24FNO12. The number of benzene rings is 1. The zero-order valence-electron chi connectivity index (χ0n) is 16.5. The van der Waals surface area contributed by atoms with E-state index in [2.05, 4.69) is 0 Å². The SMILES string of the molecule is O=[N+]([O-])c1ccc(O[C@H]2O[C@H](CO)[C@@H](O[C@@H]3O[C@H](CO)[C@@H](O)[C@H](O)[C@H]3O)[C@H](O)[C@H]2F)cc1. The van der Waals surface area contributed by atoms with Gasteiger partial charge in [0, 0.05) is 12.1 Å². The Bertz CT molecular complexity index is 765. The Kier molecular flexibility index (Phi) is 7.92. The number of non-ortho nitro benzene ring substituents is 1. The Balaban J connectivity index is 1.70. The fourth-order valence-corrected chi connectivity index (χ4v) is 3.41. The second kappa shape index (κ2) is 10.3. The molecule has 2 aliphatic rings. The van der Waals surface area contributed by atoms with E-state index >= 15 is 0 Å². The minimum atomic E-state index is -2.22. The van der Waals surface area contributed by atoms with E-state index in [0.717, 1.165) is 12.1 Å². The number of ether oxygens (including phenoxy) is 4. The lowest BCUT2D eigenvalue weighted by atomic mass is 9.97. The van der Waals surface area contributed by atoms with Crippen molar-refractivity contribution < 1.29 is 58.9 Å². The third-order valence-electron chi connectivity index (χ3n) is 5.22. The van der Waals surface area contributed by atoms with E-state index in [0.29, 0.717) is 0 Å². The Morgan fingerprint density at radius 2 is 1.50 bits per heavy atom. The molecule has 0 saturated carbocycles. The molecule has 0 aliphatic carbocycles. The van der Waals surface area contributed by atoms with Gasteiger partial charge in [0.1, 0.15) is 48.5 Å². The van der Waals surface area contributed by atoms with E-state index in [1.54, 1.807) is 0 Å². The first-order chi connectivity index (χ1) is 15.2. The number of hydrogen-bond acceptors (Lipinski definition) is 12. The van der Waals surface area contributed by atoms with Crippen LogP contribution in [0.25, 0.3) is 0 Å². The molecule has 10 atom stereocenters. The highest BCUT2D eigenvalue weighted by Gasteiger charge is 2.51. The normalized spacial score (nSPS) is 40.1. The van der Waals surface area contributed by atoms with Gasteiger partial charge in [0.15, 0.2) is 12.5 Å². The zero-order chi connectivity index (χ0) is 23.6. The molecule has 2 fully saturated rings. The van der Waals surface area contributed by atoms with Gasteiger partial charge < -0.3 is 49.6 Å². The predicted molar refractivity (Wildman–Crippen MR) is 99.0 cm³/mol. The molecular weight excluding hydrogens is 441 g/mol. The van der Waals surface area contributed by atoms with Gasteiger partial charge in [0.2, 0.25) is 6.29 Å². The second-order valence-electron chi connectivity index (χ2n) is 7.33. The maximum atomic E-state index is 14.8. The first kappa shape index (κ1) is 24.6. The number of nitro groups is 1. The summed E-state index contributed by atoms with van der Waals surface area (Å²) in [6.45, 7) is -1.50. The smallest absolute Gasteiger partial charge is 0.269 e. The monoisotopic (exact) mass is 465 g/mol. The molecule has 6 N–H and O–H groups in total. The summed E-state index contributed by atoms with van der Waals surface area (Å²) in [7, 11) is 0. The van der Waals surface area contributed by atoms with Crippen LogP contribution in [-0.4, -0.2) is 110 Å². The third-order valence-corrected chi connectivity index (χ3v) is 5.22. The molecule has 2 aliphatic heterocycles. The average Bonchev–Trinajstić information content (AvgIpc) is 2.79. The van der Waals surface area contributed by atoms with E-state index in [9.17, 15) is 45.1 Å². The molecule has 0 bridgehead atoms. The van der Waals surface area contributed by atoms with Crippen LogP contribution in [0.3, 0.4) is 0 Å². The number of halogens is 1. The van der Waals surface area contributed by atoms with Gasteiger partial charge >= 0.3 is 0 Å². The topological polar surface area (TPSA) is 201 Å². The molecule has 0 radical (unpaired) electrons. The summed E-state index contributed by atoms with van der Waals surface area (Å²) in [5, 5.41) is 69.7. The standard InChI is InChI=1S/C18H24FNO12/c19-11-13(24)16(32-18-15(26)14(25)12(23)9(5-21)30-18)10(6-22)31-17(11)29-8-3-1-7(2-4-8)20(27)28/h1-4,9-18,21-26H,5-6H2/t9-,10-,11-,12-,13-,14+,15-,16-,17+,18+/m1/s1. The van der Waals surface area contributed by atoms with Gasteiger partial charge in [-0.25, -0.2) is 4.39 Å². The molecule has 0 aromatic heterocycles. The largest absolute Gasteiger partial charge is 0.462 e. The van der Waals surface area contributed by atoms with Crippen molar-refractivity contribution in [2.24, 2.45) is 0 Å². The van der Waals surface area contributed by atoms with Crippen LogP contribution in [0, 0.1) is 10.1 Å². The number of rotatable bonds is 7. The summed E-state index contributed by atoms with van der Waals surface area (Å²) in [6.07, 6.45) is -17.1. The summed E-state index contributed by atoms with van der Waals surface area (Å²) in [4.78, 5) is 10.1. The number of nitrogens with zero attached hydrogens (tertiary/aromatic N) is 1. The summed E-state index contributed by atoms with van der Waals surface area (Å²) in [5.74, 6) is 0.000409. The molecule has 1 aromatic rings. The van der Waals surface area contributed by atoms with Crippen molar-refractivity contribution in [3.05, 3.63) is 34.4 Å². The Labute approximate surface area is 180 Å². The number of hydrogen-bond donors (Lipinski definition) is 6. The lowest BCUT2D eigenvalue weighted by molar-refractivity contribution is -0.384. The number of aliphatic hydroxyl groups excluding tert-OH is 6. The van der Waals surface area contributed by atoms with Gasteiger partial charge in [-0.3, -0.25) is 10.1 Å². The lowest BCUT2D eigenvalue weighted by Gasteiger charge is -2.45. The van der Waals surface area contributed by atoms with Crippen LogP contribution < -0.4 is 4.74 Å². The zero-order valence-corrected chi connectivity index (χ0v) is 16.5. The van der Waals surface area contributed by atoms with Crippen molar-refractivity contribution in [2.45, 2.75) is 61.5 Å². The molecule has 1 aromatic carbocycles. The molecule has 180 valence electrons. The maximum Gasteiger partial charge on any atom is 0.269 e. The van der Waals surface area contributed by atoms with Gasteiger partial charge in [-0.15, -0.1) is 0 Å². The molecule has 3 rings (SSSR count). The lowest BCUT2D eigenvalue weighted by Crippen LogP contribution is -2.64. The fraction of sp³-hybridized carbons (Fsp3) is 0.667. The van der Waals surface area contributed by atoms with E-state index in [-0.39, 0.29) is 11.4 Å². The fourth-order valence-electron chi connectivity index (χ4n) is 3.41. The number of alkyl halides is 1.